The number of benzene rings is 3. The standard InChI is InChI=1S/C37H42O11/c1-5-28-23-32(48-37(39)29-13-15-30(16-14-29)42-21-11-9-10-12-22-43-36(38)6-2)18-19-33(28)47-27-44-31-17-20-34(45-25-40-7-3)35(24-31)46-26-41-8-4/h6-8,13-20,23-24H,2-5,9-12,21-22,25-27H2,1H3. The number of esters is 2. The summed E-state index contributed by atoms with van der Waals surface area (Å²) in [4.78, 5) is 23.8. The van der Waals surface area contributed by atoms with E-state index in [4.69, 9.17) is 42.6 Å². The molecule has 0 aromatic heterocycles. The van der Waals surface area contributed by atoms with Crippen molar-refractivity contribution in [1.29, 1.82) is 0 Å². The van der Waals surface area contributed by atoms with Crippen molar-refractivity contribution in [3.63, 3.8) is 0 Å². The highest BCUT2D eigenvalue weighted by atomic mass is 16.7. The van der Waals surface area contributed by atoms with E-state index < -0.39 is 11.9 Å². The summed E-state index contributed by atoms with van der Waals surface area (Å²) in [7, 11) is 0. The third-order valence-electron chi connectivity index (χ3n) is 6.59. The van der Waals surface area contributed by atoms with Crippen molar-refractivity contribution in [2.24, 2.45) is 0 Å². The molecule has 0 radical (unpaired) electrons. The largest absolute Gasteiger partial charge is 0.494 e. The first-order valence-electron chi connectivity index (χ1n) is 15.4. The molecule has 48 heavy (non-hydrogen) atoms. The van der Waals surface area contributed by atoms with E-state index in [1.807, 2.05) is 6.92 Å². The molecule has 11 nitrogen and oxygen atoms in total. The van der Waals surface area contributed by atoms with Gasteiger partial charge in [0.05, 0.1) is 31.3 Å². The third kappa shape index (κ3) is 13.0. The highest BCUT2D eigenvalue weighted by Gasteiger charge is 2.13. The number of rotatable bonds is 24. The minimum absolute atomic E-state index is 0.0417. The number of carbonyl (C=O) groups excluding carboxylic acids is 2. The predicted octanol–water partition coefficient (Wildman–Crippen LogP) is 7.54. The second kappa shape index (κ2) is 21.3. The molecule has 0 saturated carbocycles. The van der Waals surface area contributed by atoms with Gasteiger partial charge in [-0.3, -0.25) is 0 Å². The number of hydrogen-bond acceptors (Lipinski definition) is 11. The lowest BCUT2D eigenvalue weighted by molar-refractivity contribution is -0.137. The van der Waals surface area contributed by atoms with Crippen molar-refractivity contribution in [3.8, 4) is 34.5 Å². The van der Waals surface area contributed by atoms with E-state index >= 15 is 0 Å². The second-order valence-corrected chi connectivity index (χ2v) is 9.88. The molecule has 3 aromatic rings. The van der Waals surface area contributed by atoms with Gasteiger partial charge in [0, 0.05) is 12.1 Å². The Kier molecular flexibility index (Phi) is 16.3. The summed E-state index contributed by atoms with van der Waals surface area (Å²) in [5, 5.41) is 0. The van der Waals surface area contributed by atoms with Crippen LogP contribution >= 0.6 is 0 Å². The monoisotopic (exact) mass is 662 g/mol. The summed E-state index contributed by atoms with van der Waals surface area (Å²) in [6.07, 6.45) is 7.88. The van der Waals surface area contributed by atoms with E-state index in [9.17, 15) is 9.59 Å². The highest BCUT2D eigenvalue weighted by molar-refractivity contribution is 5.91. The average Bonchev–Trinajstić information content (AvgIpc) is 3.11. The summed E-state index contributed by atoms with van der Waals surface area (Å²) in [5.74, 6) is 2.03. The molecule has 0 amide bonds. The van der Waals surface area contributed by atoms with Crippen LogP contribution in [0.1, 0.15) is 48.5 Å². The van der Waals surface area contributed by atoms with Crippen molar-refractivity contribution in [1.82, 2.24) is 0 Å². The normalized spacial score (nSPS) is 10.2. The van der Waals surface area contributed by atoms with Crippen LogP contribution in [-0.4, -0.2) is 45.5 Å². The summed E-state index contributed by atoms with van der Waals surface area (Å²) in [5.41, 5.74) is 1.23. The zero-order valence-corrected chi connectivity index (χ0v) is 27.2. The Labute approximate surface area is 281 Å². The molecule has 3 rings (SSSR count). The molecule has 0 aliphatic carbocycles. The van der Waals surface area contributed by atoms with Crippen LogP contribution in [0.5, 0.6) is 34.5 Å². The first kappa shape index (κ1) is 36.9. The van der Waals surface area contributed by atoms with Crippen LogP contribution in [0.2, 0.25) is 0 Å². The molecule has 0 heterocycles. The Morgan fingerprint density at radius 2 is 1.25 bits per heavy atom. The van der Waals surface area contributed by atoms with Gasteiger partial charge in [0.2, 0.25) is 20.4 Å². The second-order valence-electron chi connectivity index (χ2n) is 9.88. The highest BCUT2D eigenvalue weighted by Crippen LogP contribution is 2.32. The van der Waals surface area contributed by atoms with E-state index in [1.165, 1.54) is 12.5 Å². The quantitative estimate of drug-likeness (QED) is 0.0236. The van der Waals surface area contributed by atoms with Gasteiger partial charge in [-0.1, -0.05) is 26.7 Å². The fraction of sp³-hybridized carbons (Fsp3) is 0.297. The first-order chi connectivity index (χ1) is 23.5. The maximum atomic E-state index is 12.8. The fourth-order valence-electron chi connectivity index (χ4n) is 4.13. The van der Waals surface area contributed by atoms with Gasteiger partial charge in [0.25, 0.3) is 0 Å². The van der Waals surface area contributed by atoms with E-state index in [1.54, 1.807) is 60.7 Å². The SMILES string of the molecule is C=COCOc1ccc(OCOc2ccc(OC(=O)c3ccc(OCCCCCCOC(=O)C=C)cc3)cc2CC)cc1OCOC=C. The van der Waals surface area contributed by atoms with E-state index in [0.717, 1.165) is 37.3 Å². The Hall–Kier alpha value is -5.58. The van der Waals surface area contributed by atoms with Crippen molar-refractivity contribution in [2.75, 3.05) is 33.6 Å². The van der Waals surface area contributed by atoms with Crippen molar-refractivity contribution < 1.29 is 52.2 Å². The van der Waals surface area contributed by atoms with E-state index in [-0.39, 0.29) is 20.4 Å². The maximum absolute atomic E-state index is 12.8. The molecule has 0 spiro atoms. The molecule has 0 unspecified atom stereocenters. The number of hydrogen-bond donors (Lipinski definition) is 0. The number of aryl methyl sites for hydroxylation is 1. The van der Waals surface area contributed by atoms with Crippen LogP contribution in [0.25, 0.3) is 0 Å². The Bertz CT molecular complexity index is 1470. The fourth-order valence-corrected chi connectivity index (χ4v) is 4.13. The molecule has 11 heteroatoms. The van der Waals surface area contributed by atoms with Crippen molar-refractivity contribution in [3.05, 3.63) is 110 Å². The van der Waals surface area contributed by atoms with Gasteiger partial charge in [-0.25, -0.2) is 9.59 Å². The van der Waals surface area contributed by atoms with Gasteiger partial charge >= 0.3 is 11.9 Å². The average molecular weight is 663 g/mol. The maximum Gasteiger partial charge on any atom is 0.343 e. The number of ether oxygens (including phenoxy) is 9. The van der Waals surface area contributed by atoms with Crippen molar-refractivity contribution in [2.45, 2.75) is 39.0 Å². The molecule has 256 valence electrons. The zero-order chi connectivity index (χ0) is 34.4. The Morgan fingerprint density at radius 3 is 1.94 bits per heavy atom. The minimum atomic E-state index is -0.488. The summed E-state index contributed by atoms with van der Waals surface area (Å²) in [6, 6.07) is 17.0. The van der Waals surface area contributed by atoms with Crippen LogP contribution in [-0.2, 0) is 25.4 Å². The van der Waals surface area contributed by atoms with Gasteiger partial charge in [-0.2, -0.15) is 0 Å². The van der Waals surface area contributed by atoms with Gasteiger partial charge < -0.3 is 42.6 Å². The molecule has 0 N–H and O–H groups in total. The van der Waals surface area contributed by atoms with Gasteiger partial charge in [0.15, 0.2) is 11.5 Å². The molecule has 0 fully saturated rings. The van der Waals surface area contributed by atoms with Gasteiger partial charge in [0.1, 0.15) is 23.0 Å². The van der Waals surface area contributed by atoms with Crippen LogP contribution in [0, 0.1) is 0 Å². The van der Waals surface area contributed by atoms with Crippen molar-refractivity contribution >= 4 is 11.9 Å². The topological polar surface area (TPSA) is 117 Å². The molecular formula is C37H42O11. The lowest BCUT2D eigenvalue weighted by Gasteiger charge is -2.15. The first-order valence-corrected chi connectivity index (χ1v) is 15.4. The molecule has 0 aliphatic rings. The Morgan fingerprint density at radius 1 is 0.625 bits per heavy atom. The van der Waals surface area contributed by atoms with Crippen LogP contribution in [0.3, 0.4) is 0 Å². The lowest BCUT2D eigenvalue weighted by atomic mass is 10.1. The summed E-state index contributed by atoms with van der Waals surface area (Å²) in [6.45, 7) is 13.0. The van der Waals surface area contributed by atoms with Crippen LogP contribution in [0.4, 0.5) is 0 Å². The lowest BCUT2D eigenvalue weighted by Crippen LogP contribution is -2.10. The minimum Gasteiger partial charge on any atom is -0.494 e. The number of carbonyl (C=O) groups is 2. The molecule has 0 bridgehead atoms. The van der Waals surface area contributed by atoms with E-state index in [0.29, 0.717) is 59.7 Å². The Balaban J connectivity index is 1.46. The molecule has 0 atom stereocenters. The van der Waals surface area contributed by atoms with Gasteiger partial charge in [-0.15, -0.1) is 0 Å². The number of unbranched alkanes of at least 4 members (excludes halogenated alkanes) is 3. The van der Waals surface area contributed by atoms with E-state index in [2.05, 4.69) is 19.7 Å². The van der Waals surface area contributed by atoms with Gasteiger partial charge in [-0.05, 0) is 92.3 Å². The summed E-state index contributed by atoms with van der Waals surface area (Å²) >= 11 is 0. The zero-order valence-electron chi connectivity index (χ0n) is 27.2. The molecule has 3 aromatic carbocycles. The molecular weight excluding hydrogens is 620 g/mol. The molecule has 0 aliphatic heterocycles. The summed E-state index contributed by atoms with van der Waals surface area (Å²) < 4.78 is 49.2. The predicted molar refractivity (Wildman–Crippen MR) is 178 cm³/mol. The van der Waals surface area contributed by atoms with Crippen LogP contribution < -0.4 is 28.4 Å². The third-order valence-corrected chi connectivity index (χ3v) is 6.59. The smallest absolute Gasteiger partial charge is 0.343 e. The molecule has 0 saturated heterocycles. The van der Waals surface area contributed by atoms with Crippen LogP contribution in [0.15, 0.2) is 99.0 Å².